The molecule has 0 unspecified atom stereocenters. The number of rotatable bonds is 3. The number of ether oxygens (including phenoxy) is 1. The number of hydrogen-bond acceptors (Lipinski definition) is 2. The summed E-state index contributed by atoms with van der Waals surface area (Å²) in [6.07, 6.45) is 3.44. The summed E-state index contributed by atoms with van der Waals surface area (Å²) in [4.78, 5) is 11.9. The van der Waals surface area contributed by atoms with Crippen molar-refractivity contribution in [2.24, 2.45) is 0 Å². The molecule has 0 bridgehead atoms. The first-order chi connectivity index (χ1) is 7.70. The Hall–Kier alpha value is -1.51. The average Bonchev–Trinajstić information content (AvgIpc) is 2.24. The maximum Gasteiger partial charge on any atom is 0.251 e. The summed E-state index contributed by atoms with van der Waals surface area (Å²) < 4.78 is 5.20. The van der Waals surface area contributed by atoms with Crippen LogP contribution in [0, 0.1) is 6.92 Å². The molecule has 3 nitrogen and oxygen atoms in total. The summed E-state index contributed by atoms with van der Waals surface area (Å²) in [6, 6.07) is 5.92. The lowest BCUT2D eigenvalue weighted by Crippen LogP contribution is -2.39. The van der Waals surface area contributed by atoms with E-state index in [0.717, 1.165) is 24.2 Å². The van der Waals surface area contributed by atoms with E-state index in [1.165, 1.54) is 6.42 Å². The number of hydrogen-bond donors (Lipinski definition) is 1. The van der Waals surface area contributed by atoms with Gasteiger partial charge in [-0.1, -0.05) is 6.07 Å². The Bertz CT molecular complexity index is 397. The molecule has 1 saturated carbocycles. The summed E-state index contributed by atoms with van der Waals surface area (Å²) in [5, 5.41) is 3.01. The van der Waals surface area contributed by atoms with Gasteiger partial charge >= 0.3 is 0 Å². The van der Waals surface area contributed by atoms with E-state index in [9.17, 15) is 4.79 Å². The number of carbonyl (C=O) groups excluding carboxylic acids is 1. The maximum absolute atomic E-state index is 11.9. The number of benzene rings is 1. The van der Waals surface area contributed by atoms with Crippen LogP contribution >= 0.6 is 0 Å². The van der Waals surface area contributed by atoms with E-state index in [2.05, 4.69) is 5.32 Å². The Labute approximate surface area is 95.8 Å². The monoisotopic (exact) mass is 219 g/mol. The fraction of sp³-hybridized carbons (Fsp3) is 0.462. The summed E-state index contributed by atoms with van der Waals surface area (Å²) in [5.74, 6) is 0.768. The minimum atomic E-state index is 0.00278. The van der Waals surface area contributed by atoms with Gasteiger partial charge in [-0.3, -0.25) is 4.79 Å². The standard InChI is InChI=1S/C13H17NO2/c1-9-6-7-10(8-12(9)16-2)13(15)14-11-4-3-5-11/h6-8,11H,3-5H2,1-2H3,(H,14,15). The SMILES string of the molecule is COc1cc(C(=O)NC2CCC2)ccc1C. The van der Waals surface area contributed by atoms with Crippen LogP contribution in [0.1, 0.15) is 35.2 Å². The minimum Gasteiger partial charge on any atom is -0.496 e. The number of methoxy groups -OCH3 is 1. The van der Waals surface area contributed by atoms with Crippen molar-refractivity contribution in [3.8, 4) is 5.75 Å². The molecule has 0 radical (unpaired) electrons. The van der Waals surface area contributed by atoms with Gasteiger partial charge in [0.25, 0.3) is 5.91 Å². The summed E-state index contributed by atoms with van der Waals surface area (Å²) in [5.41, 5.74) is 1.72. The molecule has 1 amide bonds. The van der Waals surface area contributed by atoms with Gasteiger partial charge in [0.05, 0.1) is 7.11 Å². The quantitative estimate of drug-likeness (QED) is 0.847. The second-order valence-corrected chi connectivity index (χ2v) is 4.29. The van der Waals surface area contributed by atoms with Gasteiger partial charge < -0.3 is 10.1 Å². The van der Waals surface area contributed by atoms with Crippen LogP contribution in [0.15, 0.2) is 18.2 Å². The largest absolute Gasteiger partial charge is 0.496 e. The van der Waals surface area contributed by atoms with Crippen LogP contribution in [-0.2, 0) is 0 Å². The van der Waals surface area contributed by atoms with Crippen LogP contribution in [0.3, 0.4) is 0 Å². The van der Waals surface area contributed by atoms with E-state index in [0.29, 0.717) is 11.6 Å². The molecule has 1 N–H and O–H groups in total. The molecule has 0 heterocycles. The first-order valence-electron chi connectivity index (χ1n) is 5.66. The molecule has 1 aromatic carbocycles. The molecule has 0 atom stereocenters. The molecule has 1 fully saturated rings. The van der Waals surface area contributed by atoms with Crippen molar-refractivity contribution in [2.45, 2.75) is 32.2 Å². The first-order valence-corrected chi connectivity index (χ1v) is 5.66. The third kappa shape index (κ3) is 2.18. The lowest BCUT2D eigenvalue weighted by Gasteiger charge is -2.26. The van der Waals surface area contributed by atoms with Crippen molar-refractivity contribution in [2.75, 3.05) is 7.11 Å². The molecule has 3 heteroatoms. The summed E-state index contributed by atoms with van der Waals surface area (Å²) in [6.45, 7) is 1.96. The van der Waals surface area contributed by atoms with Gasteiger partial charge in [0.2, 0.25) is 0 Å². The Morgan fingerprint density at radius 1 is 1.44 bits per heavy atom. The molecule has 0 spiro atoms. The van der Waals surface area contributed by atoms with Crippen molar-refractivity contribution in [1.82, 2.24) is 5.32 Å². The maximum atomic E-state index is 11.9. The smallest absolute Gasteiger partial charge is 0.251 e. The van der Waals surface area contributed by atoms with Crippen LogP contribution in [0.4, 0.5) is 0 Å². The predicted octanol–water partition coefficient (Wildman–Crippen LogP) is 2.29. The summed E-state index contributed by atoms with van der Waals surface area (Å²) in [7, 11) is 1.62. The molecule has 1 aliphatic carbocycles. The Morgan fingerprint density at radius 3 is 2.75 bits per heavy atom. The third-order valence-corrected chi connectivity index (χ3v) is 3.11. The Kier molecular flexibility index (Phi) is 3.13. The molecule has 16 heavy (non-hydrogen) atoms. The van der Waals surface area contributed by atoms with E-state index < -0.39 is 0 Å². The lowest BCUT2D eigenvalue weighted by atomic mass is 9.93. The van der Waals surface area contributed by atoms with Gasteiger partial charge in [0.15, 0.2) is 0 Å². The topological polar surface area (TPSA) is 38.3 Å². The molecule has 1 aromatic rings. The Balaban J connectivity index is 2.09. The van der Waals surface area contributed by atoms with E-state index in [4.69, 9.17) is 4.74 Å². The molecule has 86 valence electrons. The number of amides is 1. The molecule has 1 aliphatic rings. The third-order valence-electron chi connectivity index (χ3n) is 3.11. The van der Waals surface area contributed by atoms with Gasteiger partial charge in [0, 0.05) is 11.6 Å². The highest BCUT2D eigenvalue weighted by molar-refractivity contribution is 5.95. The van der Waals surface area contributed by atoms with Gasteiger partial charge in [-0.2, -0.15) is 0 Å². The Morgan fingerprint density at radius 2 is 2.19 bits per heavy atom. The summed E-state index contributed by atoms with van der Waals surface area (Å²) >= 11 is 0. The average molecular weight is 219 g/mol. The van der Waals surface area contributed by atoms with Crippen molar-refractivity contribution in [3.63, 3.8) is 0 Å². The van der Waals surface area contributed by atoms with Crippen molar-refractivity contribution in [3.05, 3.63) is 29.3 Å². The zero-order valence-electron chi connectivity index (χ0n) is 9.75. The molecular weight excluding hydrogens is 202 g/mol. The minimum absolute atomic E-state index is 0.00278. The van der Waals surface area contributed by atoms with Gasteiger partial charge in [0.1, 0.15) is 5.75 Å². The van der Waals surface area contributed by atoms with E-state index in [-0.39, 0.29) is 5.91 Å². The second kappa shape index (κ2) is 4.56. The van der Waals surface area contributed by atoms with Gasteiger partial charge in [-0.05, 0) is 43.9 Å². The fourth-order valence-corrected chi connectivity index (χ4v) is 1.78. The highest BCUT2D eigenvalue weighted by atomic mass is 16.5. The van der Waals surface area contributed by atoms with Crippen molar-refractivity contribution in [1.29, 1.82) is 0 Å². The molecule has 0 saturated heterocycles. The first kappa shape index (κ1) is 11.0. The van der Waals surface area contributed by atoms with E-state index in [1.54, 1.807) is 13.2 Å². The zero-order chi connectivity index (χ0) is 11.5. The van der Waals surface area contributed by atoms with Crippen LogP contribution in [0.5, 0.6) is 5.75 Å². The molecular formula is C13H17NO2. The van der Waals surface area contributed by atoms with Crippen LogP contribution in [0.2, 0.25) is 0 Å². The van der Waals surface area contributed by atoms with Crippen LogP contribution < -0.4 is 10.1 Å². The molecule has 2 rings (SSSR count). The highest BCUT2D eigenvalue weighted by Gasteiger charge is 2.20. The number of carbonyl (C=O) groups is 1. The predicted molar refractivity (Wildman–Crippen MR) is 62.8 cm³/mol. The highest BCUT2D eigenvalue weighted by Crippen LogP contribution is 2.21. The van der Waals surface area contributed by atoms with E-state index >= 15 is 0 Å². The van der Waals surface area contributed by atoms with Gasteiger partial charge in [-0.25, -0.2) is 0 Å². The second-order valence-electron chi connectivity index (χ2n) is 4.29. The van der Waals surface area contributed by atoms with Crippen molar-refractivity contribution >= 4 is 5.91 Å². The fourth-order valence-electron chi connectivity index (χ4n) is 1.78. The van der Waals surface area contributed by atoms with Crippen LogP contribution in [0.25, 0.3) is 0 Å². The molecule has 0 aromatic heterocycles. The van der Waals surface area contributed by atoms with Gasteiger partial charge in [-0.15, -0.1) is 0 Å². The number of aryl methyl sites for hydroxylation is 1. The molecule has 0 aliphatic heterocycles. The normalized spacial score (nSPS) is 15.4. The zero-order valence-corrected chi connectivity index (χ0v) is 9.75. The lowest BCUT2D eigenvalue weighted by molar-refractivity contribution is 0.0916. The van der Waals surface area contributed by atoms with Crippen LogP contribution in [-0.4, -0.2) is 19.1 Å². The number of nitrogens with one attached hydrogen (secondary N) is 1. The van der Waals surface area contributed by atoms with Crippen molar-refractivity contribution < 1.29 is 9.53 Å². The van der Waals surface area contributed by atoms with E-state index in [1.807, 2.05) is 19.1 Å².